The van der Waals surface area contributed by atoms with Crippen molar-refractivity contribution in [1.29, 1.82) is 0 Å². The van der Waals surface area contributed by atoms with E-state index in [2.05, 4.69) is 20.8 Å². The SMILES string of the molecule is CCCCCc1cc(OO[C@@H]2[C@H](OCCN)O[C@H](COC(=O)CC(=O)O)[C@@H](O)[C@@H]2O)cc2c1OC[C@H]1c3cc4c(c(CC(C)C)c3O[C@H]21)OCO4. The van der Waals surface area contributed by atoms with E-state index in [9.17, 15) is 19.8 Å². The van der Waals surface area contributed by atoms with Crippen molar-refractivity contribution in [3.63, 3.8) is 0 Å². The number of unbranched alkanes of at least 4 members (excludes halogenated alkanes) is 2. The van der Waals surface area contributed by atoms with Gasteiger partial charge in [-0.05, 0) is 48.9 Å². The van der Waals surface area contributed by atoms with E-state index in [-0.39, 0.29) is 32.0 Å². The second-order valence-corrected chi connectivity index (χ2v) is 13.6. The summed E-state index contributed by atoms with van der Waals surface area (Å²) in [5.41, 5.74) is 9.31. The Hall–Kier alpha value is -3.86. The van der Waals surface area contributed by atoms with E-state index in [1.54, 1.807) is 6.07 Å². The molecule has 0 aromatic heterocycles. The number of benzene rings is 2. The molecule has 0 amide bonds. The van der Waals surface area contributed by atoms with Gasteiger partial charge in [0, 0.05) is 23.2 Å². The standard InChI is InChI=1S/C36H47NO14/c1-4-5-6-7-19-11-20(50-51-35-30(42)29(41)26(48-36(35)43-9-8-37)16-44-28(40)14-27(38)39)12-23-31(19)45-15-24-21-13-25-34(47-17-46-25)22(10-18(2)3)32(21)49-33(23)24/h11-13,18,24,26,29-30,33,35-36,41-42H,4-10,14-17,37H2,1-3H3,(H,38,39)/t24-,26+,29+,30-,33+,35-,36+/m0/s1. The highest BCUT2D eigenvalue weighted by atomic mass is 17.2. The highest BCUT2D eigenvalue weighted by molar-refractivity contribution is 5.90. The first-order chi connectivity index (χ1) is 24.6. The van der Waals surface area contributed by atoms with Crippen LogP contribution in [-0.4, -0.2) is 91.1 Å². The fourth-order valence-electron chi connectivity index (χ4n) is 6.92. The maximum Gasteiger partial charge on any atom is 0.317 e. The highest BCUT2D eigenvalue weighted by Gasteiger charge is 2.48. The number of ether oxygens (including phenoxy) is 7. The molecule has 1 fully saturated rings. The van der Waals surface area contributed by atoms with Gasteiger partial charge in [0.1, 0.15) is 48.9 Å². The van der Waals surface area contributed by atoms with Crippen molar-refractivity contribution in [3.8, 4) is 28.7 Å². The summed E-state index contributed by atoms with van der Waals surface area (Å²) >= 11 is 0. The number of esters is 1. The molecule has 0 unspecified atom stereocenters. The first kappa shape index (κ1) is 36.9. The molecule has 0 bridgehead atoms. The Labute approximate surface area is 295 Å². The molecule has 2 aromatic carbocycles. The van der Waals surface area contributed by atoms with Crippen LogP contribution in [0.1, 0.15) is 80.7 Å². The number of carboxylic acids is 1. The van der Waals surface area contributed by atoms with Gasteiger partial charge in [-0.25, -0.2) is 0 Å². The fraction of sp³-hybridized carbons (Fsp3) is 0.611. The van der Waals surface area contributed by atoms with Crippen LogP contribution in [0.25, 0.3) is 0 Å². The van der Waals surface area contributed by atoms with Crippen LogP contribution in [0.15, 0.2) is 18.2 Å². The molecule has 15 heteroatoms. The van der Waals surface area contributed by atoms with Gasteiger partial charge in [-0.3, -0.25) is 9.59 Å². The molecule has 51 heavy (non-hydrogen) atoms. The quantitative estimate of drug-likeness (QED) is 0.0648. The predicted molar refractivity (Wildman–Crippen MR) is 177 cm³/mol. The third-order valence-corrected chi connectivity index (χ3v) is 9.30. The number of aliphatic hydroxyl groups excluding tert-OH is 2. The van der Waals surface area contributed by atoms with E-state index in [4.69, 9.17) is 53.8 Å². The second-order valence-electron chi connectivity index (χ2n) is 13.6. The number of aliphatic hydroxyl groups is 2. The molecule has 15 nitrogen and oxygen atoms in total. The molecule has 0 aliphatic carbocycles. The summed E-state index contributed by atoms with van der Waals surface area (Å²) in [6, 6.07) is 5.60. The average Bonchev–Trinajstić information content (AvgIpc) is 3.72. The minimum Gasteiger partial charge on any atom is -0.492 e. The zero-order chi connectivity index (χ0) is 36.2. The van der Waals surface area contributed by atoms with E-state index in [1.807, 2.05) is 12.1 Å². The molecule has 0 radical (unpaired) electrons. The van der Waals surface area contributed by atoms with Crippen molar-refractivity contribution >= 4 is 11.9 Å². The number of hydrogen-bond donors (Lipinski definition) is 4. The summed E-state index contributed by atoms with van der Waals surface area (Å²) in [7, 11) is 0. The van der Waals surface area contributed by atoms with Crippen LogP contribution < -0.4 is 29.6 Å². The Morgan fingerprint density at radius 3 is 2.59 bits per heavy atom. The molecular formula is C36H47NO14. The molecule has 5 N–H and O–H groups in total. The summed E-state index contributed by atoms with van der Waals surface area (Å²) < 4.78 is 41.3. The maximum absolute atomic E-state index is 11.8. The molecule has 4 heterocycles. The third-order valence-electron chi connectivity index (χ3n) is 9.30. The summed E-state index contributed by atoms with van der Waals surface area (Å²) in [6.45, 7) is 6.59. The lowest BCUT2D eigenvalue weighted by molar-refractivity contribution is -0.372. The van der Waals surface area contributed by atoms with Gasteiger partial charge in [0.25, 0.3) is 0 Å². The average molecular weight is 718 g/mol. The molecule has 0 saturated carbocycles. The molecule has 7 atom stereocenters. The molecule has 0 spiro atoms. The van der Waals surface area contributed by atoms with Gasteiger partial charge in [0.05, 0.1) is 19.1 Å². The maximum atomic E-state index is 11.8. The van der Waals surface area contributed by atoms with Crippen molar-refractivity contribution in [2.45, 2.75) is 102 Å². The topological polar surface area (TPSA) is 204 Å². The van der Waals surface area contributed by atoms with E-state index < -0.39 is 55.7 Å². The molecule has 2 aromatic rings. The number of carbonyl (C=O) groups is 2. The van der Waals surface area contributed by atoms with Crippen LogP contribution in [0.2, 0.25) is 0 Å². The number of rotatable bonds is 16. The van der Waals surface area contributed by atoms with Crippen LogP contribution in [-0.2, 0) is 41.5 Å². The second kappa shape index (κ2) is 16.2. The Morgan fingerprint density at radius 2 is 1.84 bits per heavy atom. The minimum atomic E-state index is -1.61. The number of aliphatic carboxylic acids is 1. The molecule has 4 aliphatic rings. The minimum absolute atomic E-state index is 0.00982. The van der Waals surface area contributed by atoms with Crippen molar-refractivity contribution in [3.05, 3.63) is 40.5 Å². The van der Waals surface area contributed by atoms with Crippen molar-refractivity contribution in [1.82, 2.24) is 0 Å². The van der Waals surface area contributed by atoms with Gasteiger partial charge in [-0.15, -0.1) is 0 Å². The number of aryl methyl sites for hydroxylation is 1. The van der Waals surface area contributed by atoms with Gasteiger partial charge in [0.2, 0.25) is 6.79 Å². The first-order valence-corrected chi connectivity index (χ1v) is 17.5. The predicted octanol–water partition coefficient (Wildman–Crippen LogP) is 3.08. The van der Waals surface area contributed by atoms with Gasteiger partial charge >= 0.3 is 11.9 Å². The Kier molecular flexibility index (Phi) is 11.7. The van der Waals surface area contributed by atoms with E-state index in [0.717, 1.165) is 65.2 Å². The van der Waals surface area contributed by atoms with Crippen LogP contribution in [0, 0.1) is 5.92 Å². The van der Waals surface area contributed by atoms with Crippen molar-refractivity contribution < 1.29 is 67.8 Å². The summed E-state index contributed by atoms with van der Waals surface area (Å²) in [5.74, 6) is 1.08. The Morgan fingerprint density at radius 1 is 1.02 bits per heavy atom. The third kappa shape index (κ3) is 7.98. The lowest BCUT2D eigenvalue weighted by atomic mass is 9.86. The Balaban J connectivity index is 1.25. The number of carbonyl (C=O) groups excluding carboxylic acids is 1. The van der Waals surface area contributed by atoms with Gasteiger partial charge in [-0.1, -0.05) is 33.6 Å². The first-order valence-electron chi connectivity index (χ1n) is 17.5. The van der Waals surface area contributed by atoms with Crippen molar-refractivity contribution in [2.24, 2.45) is 11.7 Å². The zero-order valence-electron chi connectivity index (χ0n) is 29.0. The van der Waals surface area contributed by atoms with Crippen LogP contribution in [0.5, 0.6) is 28.7 Å². The largest absolute Gasteiger partial charge is 0.492 e. The van der Waals surface area contributed by atoms with E-state index in [0.29, 0.717) is 30.4 Å². The monoisotopic (exact) mass is 717 g/mol. The number of hydrogen-bond acceptors (Lipinski definition) is 14. The lowest BCUT2D eigenvalue weighted by Crippen LogP contribution is -2.60. The molecular weight excluding hydrogens is 670 g/mol. The van der Waals surface area contributed by atoms with E-state index in [1.165, 1.54) is 0 Å². The Bertz CT molecular complexity index is 1570. The van der Waals surface area contributed by atoms with Crippen LogP contribution in [0.3, 0.4) is 0 Å². The fourth-order valence-corrected chi connectivity index (χ4v) is 6.92. The lowest BCUT2D eigenvalue weighted by Gasteiger charge is -2.41. The zero-order valence-corrected chi connectivity index (χ0v) is 29.0. The molecule has 4 aliphatic heterocycles. The van der Waals surface area contributed by atoms with Gasteiger partial charge in [0.15, 0.2) is 29.6 Å². The number of carboxylic acid groups (broad SMARTS) is 1. The van der Waals surface area contributed by atoms with Gasteiger partial charge < -0.3 is 59.1 Å². The number of fused-ring (bicyclic) bond motifs is 6. The normalized spacial score (nSPS) is 25.7. The summed E-state index contributed by atoms with van der Waals surface area (Å²) in [6.07, 6.45) is -3.93. The molecule has 6 rings (SSSR count). The smallest absolute Gasteiger partial charge is 0.317 e. The van der Waals surface area contributed by atoms with E-state index >= 15 is 0 Å². The summed E-state index contributed by atoms with van der Waals surface area (Å²) in [5, 5.41) is 30.8. The number of nitrogens with two attached hydrogens (primary N) is 1. The van der Waals surface area contributed by atoms with Crippen molar-refractivity contribution in [2.75, 3.05) is 33.2 Å². The molecule has 1 saturated heterocycles. The van der Waals surface area contributed by atoms with Crippen LogP contribution >= 0.6 is 0 Å². The highest BCUT2D eigenvalue weighted by Crippen LogP contribution is 2.57. The van der Waals surface area contributed by atoms with Gasteiger partial charge in [-0.2, -0.15) is 4.89 Å². The van der Waals surface area contributed by atoms with Crippen LogP contribution in [0.4, 0.5) is 0 Å². The summed E-state index contributed by atoms with van der Waals surface area (Å²) in [4.78, 5) is 34.2. The molecule has 280 valence electrons.